The van der Waals surface area contributed by atoms with Crippen LogP contribution in [0.15, 0.2) is 18.2 Å². The smallest absolute Gasteiger partial charge is 0.0639 e. The van der Waals surface area contributed by atoms with E-state index in [1.165, 1.54) is 19.3 Å². The van der Waals surface area contributed by atoms with Gasteiger partial charge in [0.15, 0.2) is 0 Å². The fourth-order valence-corrected chi connectivity index (χ4v) is 3.35. The fraction of sp³-hybridized carbons (Fsp3) is 0.600. The first-order chi connectivity index (χ1) is 8.42. The molecule has 2 atom stereocenters. The molecule has 18 heavy (non-hydrogen) atoms. The van der Waals surface area contributed by atoms with E-state index in [4.69, 9.17) is 23.2 Å². The lowest BCUT2D eigenvalue weighted by atomic mass is 9.86. The SMILES string of the molecule is CC(NC1CCCC1(C)C)c1cccc(Cl)c1Cl. The van der Waals surface area contributed by atoms with Crippen LogP contribution in [0.1, 0.15) is 51.6 Å². The summed E-state index contributed by atoms with van der Waals surface area (Å²) in [5, 5.41) is 5.02. The van der Waals surface area contributed by atoms with E-state index in [1.807, 2.05) is 18.2 Å². The van der Waals surface area contributed by atoms with E-state index in [0.717, 1.165) is 5.56 Å². The molecule has 1 aliphatic rings. The van der Waals surface area contributed by atoms with Crippen LogP contribution in [-0.2, 0) is 0 Å². The summed E-state index contributed by atoms with van der Waals surface area (Å²) in [4.78, 5) is 0. The molecule has 1 saturated carbocycles. The molecule has 2 unspecified atom stereocenters. The van der Waals surface area contributed by atoms with Crippen molar-refractivity contribution in [3.63, 3.8) is 0 Å². The van der Waals surface area contributed by atoms with Crippen LogP contribution in [0.5, 0.6) is 0 Å². The third-order valence-electron chi connectivity index (χ3n) is 4.16. The summed E-state index contributed by atoms with van der Waals surface area (Å²) in [5.74, 6) is 0. The predicted molar refractivity (Wildman–Crippen MR) is 79.4 cm³/mol. The molecule has 0 radical (unpaired) electrons. The fourth-order valence-electron chi connectivity index (χ4n) is 2.88. The second-order valence-corrected chi connectivity index (χ2v) is 6.75. The standard InChI is InChI=1S/C15H21Cl2N/c1-10(11-6-4-7-12(16)14(11)17)18-13-8-5-9-15(13,2)3/h4,6-7,10,13,18H,5,8-9H2,1-3H3. The first-order valence-corrected chi connectivity index (χ1v) is 7.37. The van der Waals surface area contributed by atoms with Gasteiger partial charge in [0.2, 0.25) is 0 Å². The molecule has 3 heteroatoms. The van der Waals surface area contributed by atoms with E-state index in [2.05, 4.69) is 26.1 Å². The highest BCUT2D eigenvalue weighted by Gasteiger charge is 2.35. The van der Waals surface area contributed by atoms with Gasteiger partial charge in [-0.05, 0) is 36.8 Å². The molecule has 0 amide bonds. The minimum Gasteiger partial charge on any atom is -0.307 e. The Hall–Kier alpha value is -0.240. The van der Waals surface area contributed by atoms with Crippen molar-refractivity contribution in [3.05, 3.63) is 33.8 Å². The third-order valence-corrected chi connectivity index (χ3v) is 4.99. The molecule has 1 N–H and O–H groups in total. The van der Waals surface area contributed by atoms with Crippen molar-refractivity contribution in [1.82, 2.24) is 5.32 Å². The molecule has 1 nitrogen and oxygen atoms in total. The number of hydrogen-bond acceptors (Lipinski definition) is 1. The first kappa shape index (κ1) is 14.2. The summed E-state index contributed by atoms with van der Waals surface area (Å²) < 4.78 is 0. The topological polar surface area (TPSA) is 12.0 Å². The molecule has 1 fully saturated rings. The van der Waals surface area contributed by atoms with Gasteiger partial charge in [-0.1, -0.05) is 55.6 Å². The lowest BCUT2D eigenvalue weighted by molar-refractivity contribution is 0.266. The number of halogens is 2. The lowest BCUT2D eigenvalue weighted by Gasteiger charge is -2.31. The van der Waals surface area contributed by atoms with Crippen molar-refractivity contribution in [3.8, 4) is 0 Å². The summed E-state index contributed by atoms with van der Waals surface area (Å²) in [6.45, 7) is 6.83. The second kappa shape index (κ2) is 5.40. The molecule has 0 aromatic heterocycles. The summed E-state index contributed by atoms with van der Waals surface area (Å²) in [5.41, 5.74) is 1.46. The van der Waals surface area contributed by atoms with Crippen molar-refractivity contribution < 1.29 is 0 Å². The molecule has 1 aliphatic carbocycles. The zero-order valence-electron chi connectivity index (χ0n) is 11.3. The van der Waals surface area contributed by atoms with Crippen molar-refractivity contribution in [2.75, 3.05) is 0 Å². The van der Waals surface area contributed by atoms with Crippen LogP contribution < -0.4 is 5.32 Å². The van der Waals surface area contributed by atoms with Crippen molar-refractivity contribution in [1.29, 1.82) is 0 Å². The van der Waals surface area contributed by atoms with Crippen LogP contribution in [0.2, 0.25) is 10.0 Å². The molecular formula is C15H21Cl2N. The van der Waals surface area contributed by atoms with Gasteiger partial charge in [0.05, 0.1) is 10.0 Å². The summed E-state index contributed by atoms with van der Waals surface area (Å²) in [6, 6.07) is 6.63. The Morgan fingerprint density at radius 3 is 2.67 bits per heavy atom. The lowest BCUT2D eigenvalue weighted by Crippen LogP contribution is -2.39. The molecule has 0 aliphatic heterocycles. The van der Waals surface area contributed by atoms with Crippen LogP contribution >= 0.6 is 23.2 Å². The van der Waals surface area contributed by atoms with Crippen molar-refractivity contribution in [2.45, 2.75) is 52.1 Å². The average Bonchev–Trinajstić information content (AvgIpc) is 2.62. The normalized spacial score (nSPS) is 24.2. The van der Waals surface area contributed by atoms with Crippen LogP contribution in [0.4, 0.5) is 0 Å². The zero-order chi connectivity index (χ0) is 13.3. The molecule has 0 spiro atoms. The Labute approximate surface area is 120 Å². The van der Waals surface area contributed by atoms with Gasteiger partial charge in [0.1, 0.15) is 0 Å². The van der Waals surface area contributed by atoms with Gasteiger partial charge >= 0.3 is 0 Å². The molecule has 1 aromatic carbocycles. The highest BCUT2D eigenvalue weighted by molar-refractivity contribution is 6.42. The highest BCUT2D eigenvalue weighted by atomic mass is 35.5. The van der Waals surface area contributed by atoms with E-state index in [1.54, 1.807) is 0 Å². The number of rotatable bonds is 3. The van der Waals surface area contributed by atoms with Crippen LogP contribution in [-0.4, -0.2) is 6.04 Å². The van der Waals surface area contributed by atoms with Crippen molar-refractivity contribution in [2.24, 2.45) is 5.41 Å². The maximum atomic E-state index is 6.27. The Morgan fingerprint density at radius 1 is 1.33 bits per heavy atom. The first-order valence-electron chi connectivity index (χ1n) is 6.62. The van der Waals surface area contributed by atoms with Gasteiger partial charge in [-0.15, -0.1) is 0 Å². The molecular weight excluding hydrogens is 265 g/mol. The van der Waals surface area contributed by atoms with E-state index in [9.17, 15) is 0 Å². The van der Waals surface area contributed by atoms with Gasteiger partial charge in [0, 0.05) is 12.1 Å². The Morgan fingerprint density at radius 2 is 2.06 bits per heavy atom. The molecule has 0 bridgehead atoms. The predicted octanol–water partition coefficient (Wildman–Crippen LogP) is 5.22. The molecule has 100 valence electrons. The third kappa shape index (κ3) is 2.84. The quantitative estimate of drug-likeness (QED) is 0.803. The number of benzene rings is 1. The second-order valence-electron chi connectivity index (χ2n) is 5.96. The van der Waals surface area contributed by atoms with Gasteiger partial charge in [-0.2, -0.15) is 0 Å². The molecule has 0 saturated heterocycles. The maximum absolute atomic E-state index is 6.27. The highest BCUT2D eigenvalue weighted by Crippen LogP contribution is 2.39. The zero-order valence-corrected chi connectivity index (χ0v) is 12.8. The Kier molecular flexibility index (Phi) is 4.25. The summed E-state index contributed by atoms with van der Waals surface area (Å²) in [7, 11) is 0. The van der Waals surface area contributed by atoms with Gasteiger partial charge in [-0.3, -0.25) is 0 Å². The Balaban J connectivity index is 2.12. The minimum atomic E-state index is 0.235. The van der Waals surface area contributed by atoms with Gasteiger partial charge < -0.3 is 5.32 Å². The van der Waals surface area contributed by atoms with Gasteiger partial charge in [-0.25, -0.2) is 0 Å². The number of hydrogen-bond donors (Lipinski definition) is 1. The molecule has 0 heterocycles. The van der Waals surface area contributed by atoms with Crippen molar-refractivity contribution >= 4 is 23.2 Å². The molecule has 1 aromatic rings. The van der Waals surface area contributed by atoms with Crippen LogP contribution in [0, 0.1) is 5.41 Å². The monoisotopic (exact) mass is 285 g/mol. The minimum absolute atomic E-state index is 0.235. The number of nitrogens with one attached hydrogen (secondary N) is 1. The van der Waals surface area contributed by atoms with E-state index < -0.39 is 0 Å². The Bertz CT molecular complexity index is 429. The largest absolute Gasteiger partial charge is 0.307 e. The average molecular weight is 286 g/mol. The van der Waals surface area contributed by atoms with Crippen LogP contribution in [0.3, 0.4) is 0 Å². The van der Waals surface area contributed by atoms with Crippen LogP contribution in [0.25, 0.3) is 0 Å². The maximum Gasteiger partial charge on any atom is 0.0639 e. The van der Waals surface area contributed by atoms with Gasteiger partial charge in [0.25, 0.3) is 0 Å². The summed E-state index contributed by atoms with van der Waals surface area (Å²) >= 11 is 12.3. The van der Waals surface area contributed by atoms with E-state index in [0.29, 0.717) is 21.5 Å². The summed E-state index contributed by atoms with van der Waals surface area (Å²) in [6.07, 6.45) is 3.84. The van der Waals surface area contributed by atoms with E-state index >= 15 is 0 Å². The molecule has 2 rings (SSSR count). The van der Waals surface area contributed by atoms with E-state index in [-0.39, 0.29) is 6.04 Å².